The van der Waals surface area contributed by atoms with Gasteiger partial charge < -0.3 is 4.42 Å². The zero-order valence-electron chi connectivity index (χ0n) is 15.5. The molecule has 0 saturated carbocycles. The van der Waals surface area contributed by atoms with Crippen LogP contribution in [0.2, 0.25) is 0 Å². The summed E-state index contributed by atoms with van der Waals surface area (Å²) in [6.07, 6.45) is 5.01. The highest BCUT2D eigenvalue weighted by atomic mass is 32.2. The van der Waals surface area contributed by atoms with Crippen molar-refractivity contribution in [2.24, 2.45) is 5.10 Å². The van der Waals surface area contributed by atoms with Crippen LogP contribution in [-0.4, -0.2) is 28.5 Å². The third-order valence-corrected chi connectivity index (χ3v) is 6.61. The van der Waals surface area contributed by atoms with Gasteiger partial charge in [-0.3, -0.25) is 9.97 Å². The molecule has 0 spiro atoms. The largest absolute Gasteiger partial charge is 0.463 e. The first kappa shape index (κ1) is 18.4. The SMILES string of the molecule is O=S(=O)(c1ccc(F)cc1)N1N=C(c2ccco2)CC1c1ccc2nccnc2c1. The first-order valence-corrected chi connectivity index (χ1v) is 10.6. The van der Waals surface area contributed by atoms with Crippen LogP contribution in [0.1, 0.15) is 23.8 Å². The van der Waals surface area contributed by atoms with E-state index in [1.165, 1.54) is 18.4 Å². The van der Waals surface area contributed by atoms with Crippen molar-refractivity contribution in [2.45, 2.75) is 17.4 Å². The van der Waals surface area contributed by atoms with Crippen LogP contribution >= 0.6 is 0 Å². The molecule has 0 amide bonds. The summed E-state index contributed by atoms with van der Waals surface area (Å²) in [6.45, 7) is 0. The van der Waals surface area contributed by atoms with Gasteiger partial charge >= 0.3 is 0 Å². The van der Waals surface area contributed by atoms with Gasteiger partial charge in [-0.15, -0.1) is 0 Å². The molecule has 150 valence electrons. The summed E-state index contributed by atoms with van der Waals surface area (Å²) in [5.74, 6) is -0.0165. The lowest BCUT2D eigenvalue weighted by molar-refractivity contribution is 0.371. The van der Waals surface area contributed by atoms with Crippen molar-refractivity contribution in [3.05, 3.63) is 90.4 Å². The zero-order valence-corrected chi connectivity index (χ0v) is 16.3. The van der Waals surface area contributed by atoms with E-state index in [0.717, 1.165) is 22.1 Å². The van der Waals surface area contributed by atoms with Gasteiger partial charge in [-0.1, -0.05) is 6.07 Å². The molecule has 1 unspecified atom stereocenters. The van der Waals surface area contributed by atoms with Crippen LogP contribution in [0, 0.1) is 5.82 Å². The molecule has 1 atom stereocenters. The summed E-state index contributed by atoms with van der Waals surface area (Å²) in [6, 6.07) is 12.9. The van der Waals surface area contributed by atoms with Gasteiger partial charge in [0.15, 0.2) is 0 Å². The van der Waals surface area contributed by atoms with E-state index in [1.54, 1.807) is 36.7 Å². The van der Waals surface area contributed by atoms with Crippen LogP contribution in [0.25, 0.3) is 11.0 Å². The number of benzene rings is 2. The van der Waals surface area contributed by atoms with Crippen LogP contribution in [0.4, 0.5) is 4.39 Å². The van der Waals surface area contributed by atoms with Crippen LogP contribution in [0.5, 0.6) is 0 Å². The Labute approximate surface area is 171 Å². The minimum absolute atomic E-state index is 0.0427. The monoisotopic (exact) mass is 422 g/mol. The van der Waals surface area contributed by atoms with Crippen molar-refractivity contribution in [2.75, 3.05) is 0 Å². The Balaban J connectivity index is 1.62. The lowest BCUT2D eigenvalue weighted by atomic mass is 10.0. The first-order valence-electron chi connectivity index (χ1n) is 9.14. The molecular formula is C21H15FN4O3S. The van der Waals surface area contributed by atoms with Gasteiger partial charge in [0.05, 0.1) is 28.2 Å². The van der Waals surface area contributed by atoms with Gasteiger partial charge in [-0.2, -0.15) is 17.9 Å². The van der Waals surface area contributed by atoms with Crippen LogP contribution in [-0.2, 0) is 10.0 Å². The van der Waals surface area contributed by atoms with Gasteiger partial charge in [0, 0.05) is 18.8 Å². The predicted octanol–water partition coefficient (Wildman–Crippen LogP) is 3.90. The second-order valence-corrected chi connectivity index (χ2v) is 8.58. The number of sulfonamides is 1. The van der Waals surface area contributed by atoms with E-state index in [0.29, 0.717) is 28.9 Å². The quantitative estimate of drug-likeness (QED) is 0.498. The Morgan fingerprint density at radius 1 is 1.00 bits per heavy atom. The number of rotatable bonds is 4. The standard InChI is InChI=1S/C21H15FN4O3S/c22-15-4-6-16(7-5-15)30(27,28)26-20(13-19(25-26)21-2-1-11-29-21)14-3-8-17-18(12-14)24-10-9-23-17/h1-12,20H,13H2. The first-order chi connectivity index (χ1) is 14.5. The van der Waals surface area contributed by atoms with Crippen molar-refractivity contribution < 1.29 is 17.2 Å². The molecule has 0 radical (unpaired) electrons. The van der Waals surface area contributed by atoms with E-state index in [9.17, 15) is 12.8 Å². The summed E-state index contributed by atoms with van der Waals surface area (Å²) >= 11 is 0. The molecule has 0 bridgehead atoms. The number of hydrazone groups is 1. The fourth-order valence-electron chi connectivity index (χ4n) is 3.45. The fourth-order valence-corrected chi connectivity index (χ4v) is 4.89. The molecule has 3 heterocycles. The number of nitrogens with zero attached hydrogens (tertiary/aromatic N) is 4. The predicted molar refractivity (Wildman–Crippen MR) is 108 cm³/mol. The van der Waals surface area contributed by atoms with Crippen LogP contribution < -0.4 is 0 Å². The highest BCUT2D eigenvalue weighted by Gasteiger charge is 2.38. The van der Waals surface area contributed by atoms with Crippen molar-refractivity contribution in [1.29, 1.82) is 0 Å². The molecule has 0 N–H and O–H groups in total. The van der Waals surface area contributed by atoms with Crippen LogP contribution in [0.15, 0.2) is 87.7 Å². The Kier molecular flexibility index (Phi) is 4.32. The maximum Gasteiger partial charge on any atom is 0.279 e. The van der Waals surface area contributed by atoms with Crippen molar-refractivity contribution >= 4 is 26.8 Å². The number of furan rings is 1. The summed E-state index contributed by atoms with van der Waals surface area (Å²) < 4.78 is 46.5. The molecule has 9 heteroatoms. The smallest absolute Gasteiger partial charge is 0.279 e. The number of fused-ring (bicyclic) bond motifs is 1. The molecule has 2 aromatic carbocycles. The number of halogens is 1. The molecule has 0 saturated heterocycles. The maximum absolute atomic E-state index is 13.3. The van der Waals surface area contributed by atoms with E-state index < -0.39 is 21.9 Å². The number of hydrogen-bond donors (Lipinski definition) is 0. The summed E-state index contributed by atoms with van der Waals surface area (Å²) in [7, 11) is -4.03. The summed E-state index contributed by atoms with van der Waals surface area (Å²) in [4.78, 5) is 8.52. The second-order valence-electron chi connectivity index (χ2n) is 6.78. The number of aromatic nitrogens is 2. The molecule has 2 aromatic heterocycles. The van der Waals surface area contributed by atoms with E-state index in [2.05, 4.69) is 15.1 Å². The van der Waals surface area contributed by atoms with Gasteiger partial charge in [-0.05, 0) is 54.1 Å². The molecule has 1 aliphatic rings. The average Bonchev–Trinajstić information content (AvgIpc) is 3.44. The minimum Gasteiger partial charge on any atom is -0.463 e. The normalized spacial score (nSPS) is 16.8. The Hall–Kier alpha value is -3.59. The zero-order chi connectivity index (χ0) is 20.7. The lowest BCUT2D eigenvalue weighted by Crippen LogP contribution is -2.27. The van der Waals surface area contributed by atoms with E-state index in [1.807, 2.05) is 6.07 Å². The topological polar surface area (TPSA) is 88.7 Å². The highest BCUT2D eigenvalue weighted by Crippen LogP contribution is 2.37. The lowest BCUT2D eigenvalue weighted by Gasteiger charge is -2.23. The molecule has 30 heavy (non-hydrogen) atoms. The molecule has 5 rings (SSSR count). The Bertz CT molecular complexity index is 1350. The van der Waals surface area contributed by atoms with Gasteiger partial charge in [-0.25, -0.2) is 4.39 Å². The third kappa shape index (κ3) is 3.13. The van der Waals surface area contributed by atoms with Gasteiger partial charge in [0.1, 0.15) is 17.3 Å². The van der Waals surface area contributed by atoms with Gasteiger partial charge in [0.25, 0.3) is 10.0 Å². The average molecular weight is 422 g/mol. The third-order valence-electron chi connectivity index (χ3n) is 4.91. The van der Waals surface area contributed by atoms with Crippen molar-refractivity contribution in [3.63, 3.8) is 0 Å². The van der Waals surface area contributed by atoms with E-state index in [-0.39, 0.29) is 4.90 Å². The van der Waals surface area contributed by atoms with E-state index in [4.69, 9.17) is 4.42 Å². The molecule has 7 nitrogen and oxygen atoms in total. The molecule has 1 aliphatic heterocycles. The summed E-state index contributed by atoms with van der Waals surface area (Å²) in [5, 5.41) is 4.38. The van der Waals surface area contributed by atoms with E-state index >= 15 is 0 Å². The van der Waals surface area contributed by atoms with Gasteiger partial charge in [0.2, 0.25) is 0 Å². The summed E-state index contributed by atoms with van der Waals surface area (Å²) in [5.41, 5.74) is 2.59. The number of hydrogen-bond acceptors (Lipinski definition) is 6. The molecular weight excluding hydrogens is 407 g/mol. The second kappa shape index (κ2) is 7.03. The minimum atomic E-state index is -4.03. The molecule has 0 aliphatic carbocycles. The Morgan fingerprint density at radius 3 is 2.50 bits per heavy atom. The molecule has 0 fully saturated rings. The maximum atomic E-state index is 13.3. The highest BCUT2D eigenvalue weighted by molar-refractivity contribution is 7.89. The Morgan fingerprint density at radius 2 is 1.77 bits per heavy atom. The van der Waals surface area contributed by atoms with Crippen LogP contribution in [0.3, 0.4) is 0 Å². The van der Waals surface area contributed by atoms with Crippen molar-refractivity contribution in [1.82, 2.24) is 14.4 Å². The fraction of sp³-hybridized carbons (Fsp3) is 0.0952. The van der Waals surface area contributed by atoms with Crippen molar-refractivity contribution in [3.8, 4) is 0 Å². The molecule has 4 aromatic rings.